The minimum Gasteiger partial charge on any atom is -0.265 e. The second-order valence-electron chi connectivity index (χ2n) is 3.08. The molecular weight excluding hydrogens is 346 g/mol. The Hall–Kier alpha value is -0.260. The quantitative estimate of drug-likeness (QED) is 0.709. The highest BCUT2D eigenvalue weighted by Crippen LogP contribution is 2.30. The summed E-state index contributed by atoms with van der Waals surface area (Å²) < 4.78 is 2.73. The number of hydrogen-bond acceptors (Lipinski definition) is 1. The topological polar surface area (TPSA) is 17.8 Å². The zero-order valence-electron chi connectivity index (χ0n) is 7.84. The molecule has 0 saturated heterocycles. The molecule has 1 aromatic heterocycles. The fourth-order valence-corrected chi connectivity index (χ4v) is 2.48. The molecule has 0 fully saturated rings. The summed E-state index contributed by atoms with van der Waals surface area (Å²) in [6, 6.07) is 7.62. The second-order valence-corrected chi connectivity index (χ2v) is 4.96. The first kappa shape index (κ1) is 11.2. The largest absolute Gasteiger partial charge is 0.265 e. The molecule has 0 saturated carbocycles. The first-order chi connectivity index (χ1) is 7.09. The Balaban J connectivity index is 2.58. The molecule has 2 rings (SSSR count). The van der Waals surface area contributed by atoms with Crippen LogP contribution in [0, 0.1) is 3.57 Å². The van der Waals surface area contributed by atoms with Crippen LogP contribution in [0.5, 0.6) is 0 Å². The van der Waals surface area contributed by atoms with Gasteiger partial charge < -0.3 is 0 Å². The third-order valence-electron chi connectivity index (χ3n) is 2.07. The van der Waals surface area contributed by atoms with Crippen LogP contribution >= 0.6 is 45.8 Å². The van der Waals surface area contributed by atoms with Crippen molar-refractivity contribution in [2.45, 2.75) is 0 Å². The lowest BCUT2D eigenvalue weighted by molar-refractivity contribution is 0.776. The van der Waals surface area contributed by atoms with Gasteiger partial charge in [-0.25, -0.2) is 0 Å². The lowest BCUT2D eigenvalue weighted by atomic mass is 10.1. The van der Waals surface area contributed by atoms with E-state index in [4.69, 9.17) is 23.2 Å². The van der Waals surface area contributed by atoms with Gasteiger partial charge in [0.2, 0.25) is 0 Å². The zero-order chi connectivity index (χ0) is 11.0. The summed E-state index contributed by atoms with van der Waals surface area (Å²) >= 11 is 14.0. The second kappa shape index (κ2) is 4.31. The molecule has 15 heavy (non-hydrogen) atoms. The monoisotopic (exact) mass is 352 g/mol. The van der Waals surface area contributed by atoms with E-state index in [1.807, 2.05) is 31.3 Å². The van der Waals surface area contributed by atoms with E-state index < -0.39 is 0 Å². The Morgan fingerprint density at radius 3 is 2.27 bits per heavy atom. The van der Waals surface area contributed by atoms with Gasteiger partial charge in [0, 0.05) is 17.6 Å². The van der Waals surface area contributed by atoms with Gasteiger partial charge in [-0.3, -0.25) is 4.68 Å². The maximum absolute atomic E-state index is 5.95. The summed E-state index contributed by atoms with van der Waals surface area (Å²) in [6.45, 7) is 0. The fraction of sp³-hybridized carbons (Fsp3) is 0.100. The van der Waals surface area contributed by atoms with E-state index in [1.54, 1.807) is 4.68 Å². The molecule has 0 amide bonds. The number of rotatable bonds is 1. The van der Waals surface area contributed by atoms with Crippen LogP contribution in [0.4, 0.5) is 0 Å². The van der Waals surface area contributed by atoms with Crippen molar-refractivity contribution in [2.24, 2.45) is 7.05 Å². The molecule has 5 heteroatoms. The number of halogens is 3. The minimum absolute atomic E-state index is 0.531. The molecule has 78 valence electrons. The lowest BCUT2D eigenvalue weighted by Crippen LogP contribution is -1.93. The molecule has 0 atom stereocenters. The van der Waals surface area contributed by atoms with Crippen LogP contribution in [0.25, 0.3) is 11.3 Å². The van der Waals surface area contributed by atoms with Crippen molar-refractivity contribution < 1.29 is 0 Å². The highest BCUT2D eigenvalue weighted by atomic mass is 127. The molecule has 0 spiro atoms. The molecule has 2 aromatic rings. The van der Waals surface area contributed by atoms with E-state index >= 15 is 0 Å². The Kier molecular flexibility index (Phi) is 3.23. The number of hydrogen-bond donors (Lipinski definition) is 0. The summed E-state index contributed by atoms with van der Waals surface area (Å²) in [5.41, 5.74) is 2.07. The SMILES string of the molecule is Cn1nc(Cl)c(I)c1-c1ccc(Cl)cc1. The average Bonchev–Trinajstić information content (AvgIpc) is 2.44. The van der Waals surface area contributed by atoms with Crippen molar-refractivity contribution in [3.8, 4) is 11.3 Å². The molecule has 0 unspecified atom stereocenters. The van der Waals surface area contributed by atoms with Crippen LogP contribution in [0.1, 0.15) is 0 Å². The zero-order valence-corrected chi connectivity index (χ0v) is 11.5. The Morgan fingerprint density at radius 1 is 1.20 bits per heavy atom. The summed E-state index contributed by atoms with van der Waals surface area (Å²) in [4.78, 5) is 0. The van der Waals surface area contributed by atoms with Crippen LogP contribution in [0.15, 0.2) is 24.3 Å². The van der Waals surface area contributed by atoms with Gasteiger partial charge in [-0.1, -0.05) is 35.3 Å². The van der Waals surface area contributed by atoms with E-state index in [-0.39, 0.29) is 0 Å². The standard InChI is InChI=1S/C10H7Cl2IN2/c1-15-9(8(13)10(12)14-15)6-2-4-7(11)5-3-6/h2-5H,1H3. The van der Waals surface area contributed by atoms with E-state index in [1.165, 1.54) is 0 Å². The van der Waals surface area contributed by atoms with Gasteiger partial charge >= 0.3 is 0 Å². The summed E-state index contributed by atoms with van der Waals surface area (Å²) in [5, 5.41) is 5.41. The summed E-state index contributed by atoms with van der Waals surface area (Å²) in [7, 11) is 1.87. The fourth-order valence-electron chi connectivity index (χ4n) is 1.39. The predicted octanol–water partition coefficient (Wildman–Crippen LogP) is 4.00. The molecule has 0 aliphatic carbocycles. The lowest BCUT2D eigenvalue weighted by Gasteiger charge is -2.02. The van der Waals surface area contributed by atoms with Gasteiger partial charge in [0.1, 0.15) is 0 Å². The molecule has 0 radical (unpaired) electrons. The van der Waals surface area contributed by atoms with E-state index in [0.717, 1.165) is 19.9 Å². The third kappa shape index (κ3) is 2.14. The van der Waals surface area contributed by atoms with Crippen molar-refractivity contribution in [1.29, 1.82) is 0 Å². The van der Waals surface area contributed by atoms with Crippen LogP contribution in [-0.2, 0) is 7.05 Å². The van der Waals surface area contributed by atoms with Crippen LogP contribution < -0.4 is 0 Å². The normalized spacial score (nSPS) is 10.7. The van der Waals surface area contributed by atoms with Gasteiger partial charge in [-0.05, 0) is 34.7 Å². The van der Waals surface area contributed by atoms with Crippen LogP contribution in [-0.4, -0.2) is 9.78 Å². The summed E-state index contributed by atoms with van der Waals surface area (Å²) in [5.74, 6) is 0. The molecule has 0 aliphatic rings. The molecule has 0 aliphatic heterocycles. The van der Waals surface area contributed by atoms with Gasteiger partial charge in [0.25, 0.3) is 0 Å². The van der Waals surface area contributed by atoms with Gasteiger partial charge in [0.05, 0.1) is 9.26 Å². The molecule has 2 nitrogen and oxygen atoms in total. The average molecular weight is 353 g/mol. The molecular formula is C10H7Cl2IN2. The van der Waals surface area contributed by atoms with Gasteiger partial charge in [-0.15, -0.1) is 0 Å². The van der Waals surface area contributed by atoms with Gasteiger partial charge in [-0.2, -0.15) is 5.10 Å². The number of benzene rings is 1. The van der Waals surface area contributed by atoms with E-state index in [2.05, 4.69) is 27.7 Å². The van der Waals surface area contributed by atoms with Crippen molar-refractivity contribution >= 4 is 45.8 Å². The van der Waals surface area contributed by atoms with Crippen molar-refractivity contribution in [3.63, 3.8) is 0 Å². The molecule has 1 heterocycles. The van der Waals surface area contributed by atoms with Crippen LogP contribution in [0.2, 0.25) is 10.2 Å². The Bertz CT molecular complexity index is 491. The van der Waals surface area contributed by atoms with Crippen molar-refractivity contribution in [2.75, 3.05) is 0 Å². The maximum atomic E-state index is 5.95. The smallest absolute Gasteiger partial charge is 0.165 e. The number of aromatic nitrogens is 2. The third-order valence-corrected chi connectivity index (χ3v) is 3.93. The van der Waals surface area contributed by atoms with Crippen LogP contribution in [0.3, 0.4) is 0 Å². The maximum Gasteiger partial charge on any atom is 0.165 e. The molecule has 0 N–H and O–H groups in total. The Labute approximate surface area is 111 Å². The van der Waals surface area contributed by atoms with Crippen molar-refractivity contribution in [1.82, 2.24) is 9.78 Å². The number of nitrogens with zero attached hydrogens (tertiary/aromatic N) is 2. The highest BCUT2D eigenvalue weighted by molar-refractivity contribution is 14.1. The molecule has 0 bridgehead atoms. The van der Waals surface area contributed by atoms with Gasteiger partial charge in [0.15, 0.2) is 5.15 Å². The number of aryl methyl sites for hydroxylation is 1. The Morgan fingerprint density at radius 2 is 1.80 bits per heavy atom. The summed E-state index contributed by atoms with van der Waals surface area (Å²) in [6.07, 6.45) is 0. The van der Waals surface area contributed by atoms with E-state index in [9.17, 15) is 0 Å². The minimum atomic E-state index is 0.531. The first-order valence-electron chi connectivity index (χ1n) is 4.23. The molecule has 1 aromatic carbocycles. The van der Waals surface area contributed by atoms with E-state index in [0.29, 0.717) is 5.15 Å². The highest BCUT2D eigenvalue weighted by Gasteiger charge is 2.13. The first-order valence-corrected chi connectivity index (χ1v) is 6.07. The van der Waals surface area contributed by atoms with Crippen molar-refractivity contribution in [3.05, 3.63) is 38.0 Å². The predicted molar refractivity (Wildman–Crippen MR) is 71.4 cm³/mol.